The number of methoxy groups -OCH3 is 1. The Morgan fingerprint density at radius 1 is 1.45 bits per heavy atom. The van der Waals surface area contributed by atoms with Crippen LogP contribution in [0.15, 0.2) is 42.5 Å². The van der Waals surface area contributed by atoms with Gasteiger partial charge in [-0.15, -0.1) is 0 Å². The molecule has 1 atom stereocenters. The van der Waals surface area contributed by atoms with Crippen LogP contribution in [-0.2, 0) is 16.0 Å². The second-order valence-electron chi connectivity index (χ2n) is 4.78. The lowest BCUT2D eigenvalue weighted by Crippen LogP contribution is -2.29. The molecule has 4 heteroatoms. The van der Waals surface area contributed by atoms with E-state index in [2.05, 4.69) is 22.2 Å². The number of hydrogen-bond donors (Lipinski definition) is 1. The smallest absolute Gasteiger partial charge is 0.330 e. The highest BCUT2D eigenvalue weighted by molar-refractivity contribution is 5.82. The Kier molecular flexibility index (Phi) is 3.48. The fraction of sp³-hybridized carbons (Fsp3) is 0.250. The summed E-state index contributed by atoms with van der Waals surface area (Å²) in [6.07, 6.45) is 4.20. The van der Waals surface area contributed by atoms with E-state index in [0.29, 0.717) is 0 Å². The van der Waals surface area contributed by atoms with E-state index in [1.807, 2.05) is 24.3 Å². The minimum absolute atomic E-state index is 0.00922. The minimum atomic E-state index is -0.340. The molecule has 1 aromatic heterocycles. The first-order valence-electron chi connectivity index (χ1n) is 6.66. The molecule has 0 radical (unpaired) electrons. The van der Waals surface area contributed by atoms with Crippen LogP contribution < -0.4 is 5.32 Å². The first kappa shape index (κ1) is 12.8. The van der Waals surface area contributed by atoms with E-state index in [1.54, 1.807) is 0 Å². The van der Waals surface area contributed by atoms with Gasteiger partial charge in [-0.2, -0.15) is 0 Å². The highest BCUT2D eigenvalue weighted by Crippen LogP contribution is 2.26. The maximum Gasteiger partial charge on any atom is 0.330 e. The lowest BCUT2D eigenvalue weighted by Gasteiger charge is -2.24. The summed E-state index contributed by atoms with van der Waals surface area (Å²) >= 11 is 0. The maximum atomic E-state index is 11.2. The molecule has 102 valence electrons. The molecule has 0 amide bonds. The molecule has 0 saturated carbocycles. The van der Waals surface area contributed by atoms with Gasteiger partial charge in [0.15, 0.2) is 0 Å². The van der Waals surface area contributed by atoms with Gasteiger partial charge in [-0.3, -0.25) is 4.98 Å². The van der Waals surface area contributed by atoms with Crippen molar-refractivity contribution < 1.29 is 9.53 Å². The van der Waals surface area contributed by atoms with Gasteiger partial charge in [0.2, 0.25) is 0 Å². The van der Waals surface area contributed by atoms with Gasteiger partial charge >= 0.3 is 5.97 Å². The topological polar surface area (TPSA) is 51.2 Å². The van der Waals surface area contributed by atoms with Crippen LogP contribution in [0.4, 0.5) is 0 Å². The molecule has 1 unspecified atom stereocenters. The predicted octanol–water partition coefficient (Wildman–Crippen LogP) is 2.15. The molecular weight excluding hydrogens is 252 g/mol. The lowest BCUT2D eigenvalue weighted by atomic mass is 9.96. The number of fused-ring (bicyclic) bond motifs is 2. The third kappa shape index (κ3) is 2.42. The summed E-state index contributed by atoms with van der Waals surface area (Å²) in [7, 11) is 1.38. The fourth-order valence-electron chi connectivity index (χ4n) is 2.51. The molecule has 0 saturated heterocycles. The minimum Gasteiger partial charge on any atom is -0.466 e. The standard InChI is InChI=1S/C16H16N2O2/c1-20-16(19)7-6-14-12-10-11-4-2-3-5-13(11)18-15(12)8-9-17-14/h2-7,10,14,17H,8-9H2,1H3. The van der Waals surface area contributed by atoms with E-state index in [0.717, 1.165) is 35.1 Å². The summed E-state index contributed by atoms with van der Waals surface area (Å²) in [6.45, 7) is 0.856. The number of nitrogens with one attached hydrogen (secondary N) is 1. The van der Waals surface area contributed by atoms with E-state index in [9.17, 15) is 4.79 Å². The van der Waals surface area contributed by atoms with E-state index in [1.165, 1.54) is 13.2 Å². The highest BCUT2D eigenvalue weighted by atomic mass is 16.5. The van der Waals surface area contributed by atoms with Gasteiger partial charge in [0, 0.05) is 30.1 Å². The molecule has 2 aromatic rings. The number of pyridine rings is 1. The zero-order valence-corrected chi connectivity index (χ0v) is 11.3. The first-order valence-corrected chi connectivity index (χ1v) is 6.66. The van der Waals surface area contributed by atoms with E-state index >= 15 is 0 Å². The molecule has 0 bridgehead atoms. The number of para-hydroxylation sites is 1. The molecule has 1 aliphatic rings. The van der Waals surface area contributed by atoms with Crippen LogP contribution in [0, 0.1) is 0 Å². The molecule has 2 heterocycles. The van der Waals surface area contributed by atoms with Crippen molar-refractivity contribution in [1.82, 2.24) is 10.3 Å². The second kappa shape index (κ2) is 5.43. The Hall–Kier alpha value is -2.20. The van der Waals surface area contributed by atoms with Gasteiger partial charge in [0.05, 0.1) is 18.7 Å². The number of hydrogen-bond acceptors (Lipinski definition) is 4. The number of carbonyl (C=O) groups is 1. The maximum absolute atomic E-state index is 11.2. The monoisotopic (exact) mass is 268 g/mol. The van der Waals surface area contributed by atoms with Crippen molar-refractivity contribution in [3.8, 4) is 0 Å². The van der Waals surface area contributed by atoms with Crippen molar-refractivity contribution in [2.24, 2.45) is 0 Å². The van der Waals surface area contributed by atoms with Crippen LogP contribution in [0.2, 0.25) is 0 Å². The SMILES string of the molecule is COC(=O)C=CC1NCCc2nc3ccccc3cc21. The largest absolute Gasteiger partial charge is 0.466 e. The van der Waals surface area contributed by atoms with Crippen LogP contribution >= 0.6 is 0 Å². The highest BCUT2D eigenvalue weighted by Gasteiger charge is 2.19. The van der Waals surface area contributed by atoms with Crippen molar-refractivity contribution >= 4 is 16.9 Å². The Morgan fingerprint density at radius 3 is 3.15 bits per heavy atom. The first-order chi connectivity index (χ1) is 9.78. The van der Waals surface area contributed by atoms with Gasteiger partial charge in [-0.1, -0.05) is 24.3 Å². The van der Waals surface area contributed by atoms with Gasteiger partial charge in [-0.05, 0) is 17.7 Å². The van der Waals surface area contributed by atoms with Gasteiger partial charge in [-0.25, -0.2) is 4.79 Å². The fourth-order valence-corrected chi connectivity index (χ4v) is 2.51. The zero-order chi connectivity index (χ0) is 13.9. The van der Waals surface area contributed by atoms with Crippen molar-refractivity contribution in [3.05, 3.63) is 53.7 Å². The van der Waals surface area contributed by atoms with Crippen LogP contribution in [-0.4, -0.2) is 24.6 Å². The van der Waals surface area contributed by atoms with E-state index in [4.69, 9.17) is 4.98 Å². The van der Waals surface area contributed by atoms with Gasteiger partial charge in [0.25, 0.3) is 0 Å². The van der Waals surface area contributed by atoms with E-state index < -0.39 is 0 Å². The number of aromatic nitrogens is 1. The van der Waals surface area contributed by atoms with Crippen LogP contribution in [0.25, 0.3) is 10.9 Å². The van der Waals surface area contributed by atoms with Crippen LogP contribution in [0.1, 0.15) is 17.3 Å². The molecule has 3 rings (SSSR count). The van der Waals surface area contributed by atoms with Crippen molar-refractivity contribution in [2.75, 3.05) is 13.7 Å². The lowest BCUT2D eigenvalue weighted by molar-refractivity contribution is -0.134. The molecule has 0 aliphatic carbocycles. The number of benzene rings is 1. The Bertz CT molecular complexity index is 679. The third-order valence-corrected chi connectivity index (χ3v) is 3.52. The normalized spacial score (nSPS) is 18.1. The second-order valence-corrected chi connectivity index (χ2v) is 4.78. The Morgan fingerprint density at radius 2 is 2.30 bits per heavy atom. The summed E-state index contributed by atoms with van der Waals surface area (Å²) in [5.41, 5.74) is 3.25. The summed E-state index contributed by atoms with van der Waals surface area (Å²) in [5.74, 6) is -0.340. The summed E-state index contributed by atoms with van der Waals surface area (Å²) < 4.78 is 4.63. The predicted molar refractivity (Wildman–Crippen MR) is 77.3 cm³/mol. The molecule has 0 fully saturated rings. The van der Waals surface area contributed by atoms with Crippen molar-refractivity contribution in [2.45, 2.75) is 12.5 Å². The summed E-state index contributed by atoms with van der Waals surface area (Å²) in [6, 6.07) is 10.2. The Balaban J connectivity index is 2.01. The molecule has 1 aliphatic heterocycles. The zero-order valence-electron chi connectivity index (χ0n) is 11.3. The average Bonchev–Trinajstić information content (AvgIpc) is 2.50. The molecule has 0 spiro atoms. The van der Waals surface area contributed by atoms with Gasteiger partial charge < -0.3 is 10.1 Å². The number of esters is 1. The number of nitrogens with zero attached hydrogens (tertiary/aromatic N) is 1. The molecule has 1 N–H and O–H groups in total. The molecular formula is C16H16N2O2. The third-order valence-electron chi connectivity index (χ3n) is 3.52. The molecule has 20 heavy (non-hydrogen) atoms. The summed E-state index contributed by atoms with van der Waals surface area (Å²) in [5, 5.41) is 4.50. The Labute approximate surface area is 117 Å². The quantitative estimate of drug-likeness (QED) is 0.670. The van der Waals surface area contributed by atoms with Crippen molar-refractivity contribution in [3.63, 3.8) is 0 Å². The van der Waals surface area contributed by atoms with Crippen molar-refractivity contribution in [1.29, 1.82) is 0 Å². The van der Waals surface area contributed by atoms with E-state index in [-0.39, 0.29) is 12.0 Å². The summed E-state index contributed by atoms with van der Waals surface area (Å²) in [4.78, 5) is 15.9. The molecule has 4 nitrogen and oxygen atoms in total. The average molecular weight is 268 g/mol. The number of carbonyl (C=O) groups excluding carboxylic acids is 1. The van der Waals surface area contributed by atoms with Crippen LogP contribution in [0.5, 0.6) is 0 Å². The number of rotatable bonds is 2. The van der Waals surface area contributed by atoms with Gasteiger partial charge in [0.1, 0.15) is 0 Å². The van der Waals surface area contributed by atoms with Crippen LogP contribution in [0.3, 0.4) is 0 Å². The number of ether oxygens (including phenoxy) is 1. The molecule has 1 aromatic carbocycles.